The van der Waals surface area contributed by atoms with Crippen molar-refractivity contribution in [3.8, 4) is 0 Å². The molecule has 16 heavy (non-hydrogen) atoms. The highest BCUT2D eigenvalue weighted by Gasteiger charge is 2.04. The van der Waals surface area contributed by atoms with Gasteiger partial charge in [-0.05, 0) is 0 Å². The molecule has 0 amide bonds. The first-order valence-electron chi connectivity index (χ1n) is 5.06. The van der Waals surface area contributed by atoms with Crippen molar-refractivity contribution in [2.24, 2.45) is 9.98 Å². The number of amidine groups is 2. The Morgan fingerprint density at radius 3 is 1.31 bits per heavy atom. The van der Waals surface area contributed by atoms with Crippen molar-refractivity contribution >= 4 is 33.9 Å². The van der Waals surface area contributed by atoms with Crippen molar-refractivity contribution in [1.29, 1.82) is 0 Å². The highest BCUT2D eigenvalue weighted by Crippen LogP contribution is 2.12. The second-order valence-electron chi connectivity index (χ2n) is 3.50. The largest absolute Gasteiger partial charge is 0.358 e. The molecule has 0 saturated heterocycles. The van der Waals surface area contributed by atoms with E-state index in [1.165, 1.54) is 0 Å². The second-order valence-corrected chi connectivity index (χ2v) is 5.62. The monoisotopic (exact) mass is 262 g/mol. The van der Waals surface area contributed by atoms with Gasteiger partial charge in [-0.2, -0.15) is 0 Å². The van der Waals surface area contributed by atoms with E-state index < -0.39 is 0 Å². The van der Waals surface area contributed by atoms with E-state index in [-0.39, 0.29) is 0 Å². The topological polar surface area (TPSA) is 31.2 Å². The molecule has 0 aliphatic rings. The fourth-order valence-corrected chi connectivity index (χ4v) is 2.86. The van der Waals surface area contributed by atoms with E-state index in [4.69, 9.17) is 0 Å². The Kier molecular flexibility index (Phi) is 8.56. The Morgan fingerprint density at radius 2 is 1.12 bits per heavy atom. The molecule has 0 bridgehead atoms. The van der Waals surface area contributed by atoms with Gasteiger partial charge in [-0.3, -0.25) is 9.98 Å². The first-order chi connectivity index (χ1) is 7.52. The van der Waals surface area contributed by atoms with E-state index in [0.717, 1.165) is 21.8 Å². The SMILES string of the molecule is CN=C(SCCSC(=NC)N(C)C)N(C)C. The van der Waals surface area contributed by atoms with Crippen molar-refractivity contribution in [2.45, 2.75) is 0 Å². The van der Waals surface area contributed by atoms with Gasteiger partial charge in [-0.1, -0.05) is 23.5 Å². The second kappa shape index (κ2) is 8.75. The fourth-order valence-electron chi connectivity index (χ4n) is 1.05. The van der Waals surface area contributed by atoms with E-state index in [0.29, 0.717) is 0 Å². The first-order valence-corrected chi connectivity index (χ1v) is 7.03. The highest BCUT2D eigenvalue weighted by atomic mass is 32.2. The molecule has 0 heterocycles. The average Bonchev–Trinajstić information content (AvgIpc) is 2.22. The Morgan fingerprint density at radius 1 is 0.812 bits per heavy atom. The van der Waals surface area contributed by atoms with Crippen LogP contribution in [0.2, 0.25) is 0 Å². The molecule has 6 heteroatoms. The van der Waals surface area contributed by atoms with Crippen molar-refractivity contribution in [3.05, 3.63) is 0 Å². The lowest BCUT2D eigenvalue weighted by Gasteiger charge is -2.16. The lowest BCUT2D eigenvalue weighted by molar-refractivity contribution is 0.635. The van der Waals surface area contributed by atoms with Crippen LogP contribution < -0.4 is 0 Å². The van der Waals surface area contributed by atoms with E-state index in [1.54, 1.807) is 23.5 Å². The molecule has 0 aromatic carbocycles. The minimum absolute atomic E-state index is 1.04. The van der Waals surface area contributed by atoms with Crippen LogP contribution in [0, 0.1) is 0 Å². The summed E-state index contributed by atoms with van der Waals surface area (Å²) in [6.07, 6.45) is 0. The Labute approximate surface area is 108 Å². The van der Waals surface area contributed by atoms with Gasteiger partial charge in [0.2, 0.25) is 0 Å². The third-order valence-electron chi connectivity index (χ3n) is 1.69. The van der Waals surface area contributed by atoms with Crippen LogP contribution in [0.1, 0.15) is 0 Å². The summed E-state index contributed by atoms with van der Waals surface area (Å²) < 4.78 is 0. The summed E-state index contributed by atoms with van der Waals surface area (Å²) in [5, 5.41) is 2.14. The highest BCUT2D eigenvalue weighted by molar-refractivity contribution is 8.17. The zero-order valence-corrected chi connectivity index (χ0v) is 12.7. The number of hydrogen-bond donors (Lipinski definition) is 0. The van der Waals surface area contributed by atoms with E-state index in [2.05, 4.69) is 9.98 Å². The van der Waals surface area contributed by atoms with Crippen LogP contribution in [-0.2, 0) is 0 Å². The minimum Gasteiger partial charge on any atom is -0.358 e. The molecule has 0 aliphatic carbocycles. The molecule has 4 nitrogen and oxygen atoms in total. The van der Waals surface area contributed by atoms with Gasteiger partial charge in [0, 0.05) is 53.8 Å². The molecule has 0 saturated carbocycles. The third kappa shape index (κ3) is 6.27. The van der Waals surface area contributed by atoms with Gasteiger partial charge in [-0.15, -0.1) is 0 Å². The molecule has 0 fully saturated rings. The minimum atomic E-state index is 1.04. The molecule has 0 aromatic rings. The summed E-state index contributed by atoms with van der Waals surface area (Å²) in [7, 11) is 11.7. The predicted molar refractivity (Wildman–Crippen MR) is 79.0 cm³/mol. The van der Waals surface area contributed by atoms with Crippen molar-refractivity contribution < 1.29 is 0 Å². The quantitative estimate of drug-likeness (QED) is 0.439. The third-order valence-corrected chi connectivity index (χ3v) is 4.38. The molecule has 0 N–H and O–H groups in total. The van der Waals surface area contributed by atoms with Gasteiger partial charge in [0.1, 0.15) is 0 Å². The van der Waals surface area contributed by atoms with Crippen molar-refractivity contribution in [1.82, 2.24) is 9.80 Å². The zero-order chi connectivity index (χ0) is 12.6. The Bertz CT molecular complexity index is 223. The van der Waals surface area contributed by atoms with E-state index in [1.807, 2.05) is 52.1 Å². The van der Waals surface area contributed by atoms with Crippen LogP contribution >= 0.6 is 23.5 Å². The fraction of sp³-hybridized carbons (Fsp3) is 0.800. The van der Waals surface area contributed by atoms with Crippen molar-refractivity contribution in [2.75, 3.05) is 53.8 Å². The van der Waals surface area contributed by atoms with E-state index >= 15 is 0 Å². The average molecular weight is 262 g/mol. The Hall–Kier alpha value is -0.360. The summed E-state index contributed by atoms with van der Waals surface area (Å²) in [5.41, 5.74) is 0. The molecule has 0 spiro atoms. The maximum Gasteiger partial charge on any atom is 0.158 e. The molecular weight excluding hydrogens is 240 g/mol. The molecule has 94 valence electrons. The lowest BCUT2D eigenvalue weighted by Crippen LogP contribution is -2.21. The van der Waals surface area contributed by atoms with Gasteiger partial charge in [0.05, 0.1) is 0 Å². The zero-order valence-electron chi connectivity index (χ0n) is 11.0. The number of aliphatic imine (C=N–C) groups is 2. The van der Waals surface area contributed by atoms with Crippen LogP contribution in [0.3, 0.4) is 0 Å². The van der Waals surface area contributed by atoms with Gasteiger partial charge >= 0.3 is 0 Å². The molecule has 0 aliphatic heterocycles. The summed E-state index contributed by atoms with van der Waals surface area (Å²) >= 11 is 3.55. The number of rotatable bonds is 3. The summed E-state index contributed by atoms with van der Waals surface area (Å²) in [4.78, 5) is 12.5. The molecular formula is C10H22N4S2. The Balaban J connectivity index is 3.84. The van der Waals surface area contributed by atoms with Gasteiger partial charge in [-0.25, -0.2) is 0 Å². The van der Waals surface area contributed by atoms with E-state index in [9.17, 15) is 0 Å². The lowest BCUT2D eigenvalue weighted by atomic mass is 10.9. The molecule has 0 rings (SSSR count). The predicted octanol–water partition coefficient (Wildman–Crippen LogP) is 1.55. The number of hydrogen-bond acceptors (Lipinski definition) is 4. The van der Waals surface area contributed by atoms with Gasteiger partial charge < -0.3 is 9.80 Å². The standard InChI is InChI=1S/C10H22N4S2/c1-11-9(13(3)4)15-7-8-16-10(12-2)14(5)6/h7-8H2,1-6H3. The van der Waals surface area contributed by atoms with Crippen LogP contribution in [-0.4, -0.2) is 73.9 Å². The van der Waals surface area contributed by atoms with Crippen LogP contribution in [0.15, 0.2) is 9.98 Å². The molecule has 0 radical (unpaired) electrons. The number of nitrogens with zero attached hydrogens (tertiary/aromatic N) is 4. The van der Waals surface area contributed by atoms with Crippen molar-refractivity contribution in [3.63, 3.8) is 0 Å². The number of thioether (sulfide) groups is 2. The summed E-state index contributed by atoms with van der Waals surface area (Å²) in [5.74, 6) is 2.09. The molecule has 0 aromatic heterocycles. The van der Waals surface area contributed by atoms with Gasteiger partial charge in [0.15, 0.2) is 10.3 Å². The molecule has 0 unspecified atom stereocenters. The van der Waals surface area contributed by atoms with Gasteiger partial charge in [0.25, 0.3) is 0 Å². The van der Waals surface area contributed by atoms with Crippen LogP contribution in [0.4, 0.5) is 0 Å². The first kappa shape index (κ1) is 15.6. The maximum absolute atomic E-state index is 4.22. The summed E-state index contributed by atoms with van der Waals surface area (Å²) in [6, 6.07) is 0. The normalized spacial score (nSPS) is 12.9. The van der Waals surface area contributed by atoms with Crippen LogP contribution in [0.25, 0.3) is 0 Å². The smallest absolute Gasteiger partial charge is 0.158 e. The van der Waals surface area contributed by atoms with Crippen LogP contribution in [0.5, 0.6) is 0 Å². The molecule has 0 atom stereocenters. The summed E-state index contributed by atoms with van der Waals surface area (Å²) in [6.45, 7) is 0. The maximum atomic E-state index is 4.22.